The van der Waals surface area contributed by atoms with Crippen LogP contribution in [0.1, 0.15) is 28.8 Å². The lowest BCUT2D eigenvalue weighted by molar-refractivity contribution is -0.125. The summed E-state index contributed by atoms with van der Waals surface area (Å²) in [4.78, 5) is 35.4. The normalized spacial score (nSPS) is 15.1. The van der Waals surface area contributed by atoms with Crippen LogP contribution in [0.25, 0.3) is 11.0 Å². The molecule has 154 valence electrons. The molecule has 0 atom stereocenters. The molecule has 1 aromatic heterocycles. The van der Waals surface area contributed by atoms with Crippen LogP contribution in [0.15, 0.2) is 60.9 Å². The first-order chi connectivity index (χ1) is 14.7. The zero-order valence-electron chi connectivity index (χ0n) is 16.7. The Bertz CT molecular complexity index is 1010. The van der Waals surface area contributed by atoms with E-state index in [9.17, 15) is 9.59 Å². The van der Waals surface area contributed by atoms with E-state index in [0.29, 0.717) is 16.6 Å². The maximum absolute atomic E-state index is 12.4. The molecule has 1 aliphatic heterocycles. The first-order valence-corrected chi connectivity index (χ1v) is 10.1. The number of nitrogens with zero attached hydrogens (tertiary/aromatic N) is 3. The van der Waals surface area contributed by atoms with Gasteiger partial charge in [-0.3, -0.25) is 19.7 Å². The second-order valence-corrected chi connectivity index (χ2v) is 7.41. The molecule has 1 N–H and O–H groups in total. The van der Waals surface area contributed by atoms with Crippen LogP contribution in [0.2, 0.25) is 0 Å². The van der Waals surface area contributed by atoms with Gasteiger partial charge in [-0.1, -0.05) is 36.4 Å². The van der Waals surface area contributed by atoms with Crippen LogP contribution in [0, 0.1) is 0 Å². The lowest BCUT2D eigenvalue weighted by Crippen LogP contribution is -2.45. The van der Waals surface area contributed by atoms with Gasteiger partial charge >= 0.3 is 5.97 Å². The fourth-order valence-electron chi connectivity index (χ4n) is 3.71. The van der Waals surface area contributed by atoms with Gasteiger partial charge in [0.2, 0.25) is 0 Å². The number of rotatable bonds is 6. The van der Waals surface area contributed by atoms with Crippen molar-refractivity contribution in [1.29, 1.82) is 0 Å². The number of hydrogen-bond donors (Lipinski definition) is 1. The zero-order valence-corrected chi connectivity index (χ0v) is 16.7. The summed E-state index contributed by atoms with van der Waals surface area (Å²) in [7, 11) is 0. The van der Waals surface area contributed by atoms with E-state index < -0.39 is 5.97 Å². The zero-order chi connectivity index (χ0) is 20.8. The number of piperidine rings is 1. The highest BCUT2D eigenvalue weighted by Gasteiger charge is 2.21. The molecule has 0 unspecified atom stereocenters. The topological polar surface area (TPSA) is 84.4 Å². The number of ether oxygens (including phenoxy) is 1. The molecule has 30 heavy (non-hydrogen) atoms. The van der Waals surface area contributed by atoms with Crippen molar-refractivity contribution in [2.24, 2.45) is 0 Å². The summed E-state index contributed by atoms with van der Waals surface area (Å²) in [5, 5.41) is 2.98. The predicted octanol–water partition coefficient (Wildman–Crippen LogP) is 2.57. The third-order valence-electron chi connectivity index (χ3n) is 5.25. The number of para-hydroxylation sites is 1. The van der Waals surface area contributed by atoms with Gasteiger partial charge in [0.15, 0.2) is 6.61 Å². The van der Waals surface area contributed by atoms with E-state index in [4.69, 9.17) is 4.74 Å². The summed E-state index contributed by atoms with van der Waals surface area (Å²) < 4.78 is 5.21. The minimum atomic E-state index is -0.575. The second-order valence-electron chi connectivity index (χ2n) is 7.41. The van der Waals surface area contributed by atoms with Gasteiger partial charge in [-0.25, -0.2) is 4.79 Å². The molecule has 1 amide bonds. The van der Waals surface area contributed by atoms with Gasteiger partial charge in [-0.05, 0) is 30.5 Å². The quantitative estimate of drug-likeness (QED) is 0.636. The number of likely N-dealkylation sites (tertiary alicyclic amines) is 1. The monoisotopic (exact) mass is 404 g/mol. The van der Waals surface area contributed by atoms with Crippen molar-refractivity contribution in [3.05, 3.63) is 72.1 Å². The molecular weight excluding hydrogens is 380 g/mol. The number of hydrogen-bond acceptors (Lipinski definition) is 6. The molecule has 1 fully saturated rings. The summed E-state index contributed by atoms with van der Waals surface area (Å²) in [5.74, 6) is -0.856. The highest BCUT2D eigenvalue weighted by molar-refractivity contribution is 6.02. The maximum Gasteiger partial charge on any atom is 0.340 e. The second kappa shape index (κ2) is 9.45. The Morgan fingerprint density at radius 1 is 1.00 bits per heavy atom. The molecule has 0 bridgehead atoms. The summed E-state index contributed by atoms with van der Waals surface area (Å²) in [5.41, 5.74) is 2.68. The van der Waals surface area contributed by atoms with Crippen LogP contribution >= 0.6 is 0 Å². The van der Waals surface area contributed by atoms with Crippen LogP contribution in [-0.4, -0.2) is 52.5 Å². The van der Waals surface area contributed by atoms with Crippen molar-refractivity contribution in [2.75, 3.05) is 19.7 Å². The van der Waals surface area contributed by atoms with E-state index in [1.165, 1.54) is 11.8 Å². The van der Waals surface area contributed by atoms with Crippen molar-refractivity contribution >= 4 is 22.9 Å². The number of aromatic nitrogens is 2. The van der Waals surface area contributed by atoms with Gasteiger partial charge in [0.05, 0.1) is 11.1 Å². The van der Waals surface area contributed by atoms with E-state index in [1.54, 1.807) is 24.4 Å². The molecule has 2 heterocycles. The first kappa shape index (κ1) is 20.0. The summed E-state index contributed by atoms with van der Waals surface area (Å²) in [6.07, 6.45) is 4.85. The highest BCUT2D eigenvalue weighted by atomic mass is 16.5. The molecule has 0 aliphatic carbocycles. The molecule has 7 heteroatoms. The van der Waals surface area contributed by atoms with Gasteiger partial charge in [-0.15, -0.1) is 0 Å². The predicted molar refractivity (Wildman–Crippen MR) is 113 cm³/mol. The van der Waals surface area contributed by atoms with Crippen molar-refractivity contribution in [2.45, 2.75) is 25.4 Å². The number of esters is 1. The first-order valence-electron chi connectivity index (χ1n) is 10.1. The van der Waals surface area contributed by atoms with Crippen LogP contribution in [0.5, 0.6) is 0 Å². The number of nitrogens with one attached hydrogen (secondary N) is 1. The summed E-state index contributed by atoms with van der Waals surface area (Å²) in [6, 6.07) is 15.6. The average molecular weight is 404 g/mol. The molecule has 7 nitrogen and oxygen atoms in total. The lowest BCUT2D eigenvalue weighted by atomic mass is 10.0. The molecule has 0 saturated carbocycles. The van der Waals surface area contributed by atoms with Crippen molar-refractivity contribution < 1.29 is 14.3 Å². The van der Waals surface area contributed by atoms with E-state index in [0.717, 1.165) is 32.5 Å². The molecular formula is C23H24N4O3. The fourth-order valence-corrected chi connectivity index (χ4v) is 3.71. The van der Waals surface area contributed by atoms with Crippen LogP contribution in [-0.2, 0) is 16.1 Å². The minimum Gasteiger partial charge on any atom is -0.452 e. The van der Waals surface area contributed by atoms with Crippen LogP contribution in [0.3, 0.4) is 0 Å². The smallest absolute Gasteiger partial charge is 0.340 e. The third-order valence-corrected chi connectivity index (χ3v) is 5.25. The highest BCUT2D eigenvalue weighted by Crippen LogP contribution is 2.16. The average Bonchev–Trinajstić information content (AvgIpc) is 2.79. The van der Waals surface area contributed by atoms with E-state index in [1.807, 2.05) is 6.07 Å². The van der Waals surface area contributed by atoms with E-state index in [-0.39, 0.29) is 18.6 Å². The Morgan fingerprint density at radius 3 is 2.57 bits per heavy atom. The van der Waals surface area contributed by atoms with Gasteiger partial charge in [0.1, 0.15) is 5.52 Å². The molecule has 2 aromatic carbocycles. The van der Waals surface area contributed by atoms with Gasteiger partial charge in [0, 0.05) is 38.1 Å². The Hall–Kier alpha value is -3.32. The minimum absolute atomic E-state index is 0.103. The standard InChI is InChI=1S/C23H24N4O3/c28-21(16-30-23(29)19-7-4-8-20-22(19)25-12-11-24-20)26-18-9-13-27(14-10-18)15-17-5-2-1-3-6-17/h1-8,11-12,18H,9-10,13-16H2,(H,26,28). The van der Waals surface area contributed by atoms with E-state index >= 15 is 0 Å². The number of carbonyl (C=O) groups is 2. The molecule has 1 saturated heterocycles. The van der Waals surface area contributed by atoms with Crippen LogP contribution in [0.4, 0.5) is 0 Å². The maximum atomic E-state index is 12.4. The molecule has 3 aromatic rings. The Morgan fingerprint density at radius 2 is 1.77 bits per heavy atom. The largest absolute Gasteiger partial charge is 0.452 e. The molecule has 1 aliphatic rings. The summed E-state index contributed by atoms with van der Waals surface area (Å²) in [6.45, 7) is 2.47. The lowest BCUT2D eigenvalue weighted by Gasteiger charge is -2.32. The number of fused-ring (bicyclic) bond motifs is 1. The summed E-state index contributed by atoms with van der Waals surface area (Å²) >= 11 is 0. The number of carbonyl (C=O) groups excluding carboxylic acids is 2. The van der Waals surface area contributed by atoms with Gasteiger partial charge < -0.3 is 10.1 Å². The fraction of sp³-hybridized carbons (Fsp3) is 0.304. The molecule has 0 spiro atoms. The van der Waals surface area contributed by atoms with Crippen LogP contribution < -0.4 is 5.32 Å². The van der Waals surface area contributed by atoms with Crippen molar-refractivity contribution in [1.82, 2.24) is 20.2 Å². The van der Waals surface area contributed by atoms with Gasteiger partial charge in [-0.2, -0.15) is 0 Å². The van der Waals surface area contributed by atoms with Crippen molar-refractivity contribution in [3.63, 3.8) is 0 Å². The van der Waals surface area contributed by atoms with Crippen molar-refractivity contribution in [3.8, 4) is 0 Å². The Labute approximate surface area is 175 Å². The van der Waals surface area contributed by atoms with E-state index in [2.05, 4.69) is 44.5 Å². The van der Waals surface area contributed by atoms with Gasteiger partial charge in [0.25, 0.3) is 5.91 Å². The Kier molecular flexibility index (Phi) is 6.29. The molecule has 0 radical (unpaired) electrons. The Balaban J connectivity index is 1.23. The third kappa shape index (κ3) is 4.99. The number of benzene rings is 2. The molecule has 4 rings (SSSR count). The SMILES string of the molecule is O=C(COC(=O)c1cccc2nccnc12)NC1CCN(Cc2ccccc2)CC1. The number of amides is 1.